The Bertz CT molecular complexity index is 739. The lowest BCUT2D eigenvalue weighted by molar-refractivity contribution is -0.129. The smallest absolute Gasteiger partial charge is 0.255 e. The molecule has 0 bridgehead atoms. The molecule has 0 saturated heterocycles. The largest absolute Gasteiger partial charge is 0.493 e. The fourth-order valence-electron chi connectivity index (χ4n) is 3.41. The number of anilines is 1. The van der Waals surface area contributed by atoms with Gasteiger partial charge in [0.2, 0.25) is 0 Å². The zero-order valence-electron chi connectivity index (χ0n) is 14.7. The third-order valence-electron chi connectivity index (χ3n) is 4.77. The van der Waals surface area contributed by atoms with Gasteiger partial charge in [-0.1, -0.05) is 24.3 Å². The first-order valence-electron chi connectivity index (χ1n) is 8.72. The van der Waals surface area contributed by atoms with Crippen molar-refractivity contribution in [3.05, 3.63) is 59.2 Å². The summed E-state index contributed by atoms with van der Waals surface area (Å²) in [5.41, 5.74) is 5.74. The van der Waals surface area contributed by atoms with Gasteiger partial charge in [0.1, 0.15) is 5.75 Å². The average Bonchev–Trinajstić information content (AvgIpc) is 3.12. The van der Waals surface area contributed by atoms with E-state index in [4.69, 9.17) is 4.74 Å². The predicted octanol–water partition coefficient (Wildman–Crippen LogP) is 3.11. The van der Waals surface area contributed by atoms with Crippen molar-refractivity contribution in [2.24, 2.45) is 0 Å². The summed E-state index contributed by atoms with van der Waals surface area (Å²) < 4.78 is 5.54. The Morgan fingerprint density at radius 3 is 2.48 bits per heavy atom. The van der Waals surface area contributed by atoms with Crippen molar-refractivity contribution in [1.29, 1.82) is 0 Å². The number of nitrogens with zero attached hydrogens (tertiary/aromatic N) is 1. The van der Waals surface area contributed by atoms with E-state index >= 15 is 0 Å². The second kappa shape index (κ2) is 7.57. The molecule has 1 amide bonds. The molecule has 3 rings (SSSR count). The summed E-state index contributed by atoms with van der Waals surface area (Å²) in [6.07, 6.45) is 0.845. The van der Waals surface area contributed by atoms with Gasteiger partial charge in [-0.2, -0.15) is 0 Å². The highest BCUT2D eigenvalue weighted by molar-refractivity contribution is 5.86. The number of hydrogen-bond acceptors (Lipinski definition) is 4. The van der Waals surface area contributed by atoms with E-state index in [1.54, 1.807) is 0 Å². The molecule has 2 N–H and O–H groups in total. The molecule has 0 fully saturated rings. The van der Waals surface area contributed by atoms with Crippen LogP contribution in [-0.2, 0) is 11.2 Å². The van der Waals surface area contributed by atoms with E-state index in [0.29, 0.717) is 6.61 Å². The van der Waals surface area contributed by atoms with Gasteiger partial charge in [-0.3, -0.25) is 10.0 Å². The number of carbonyl (C=O) groups is 1. The lowest BCUT2D eigenvalue weighted by atomic mass is 9.89. The van der Waals surface area contributed by atoms with Gasteiger partial charge in [0.05, 0.1) is 12.5 Å². The van der Waals surface area contributed by atoms with Crippen LogP contribution < -0.4 is 15.1 Å². The molecular formula is C20H24N2O3. The molecule has 5 nitrogen and oxygen atoms in total. The van der Waals surface area contributed by atoms with Crippen LogP contribution in [0.2, 0.25) is 0 Å². The van der Waals surface area contributed by atoms with E-state index in [1.165, 1.54) is 0 Å². The third-order valence-corrected chi connectivity index (χ3v) is 4.77. The van der Waals surface area contributed by atoms with Crippen molar-refractivity contribution in [2.75, 3.05) is 24.6 Å². The molecule has 1 aliphatic rings. The van der Waals surface area contributed by atoms with Crippen molar-refractivity contribution < 1.29 is 14.7 Å². The van der Waals surface area contributed by atoms with Crippen molar-refractivity contribution in [2.45, 2.75) is 26.2 Å². The molecule has 1 unspecified atom stereocenters. The van der Waals surface area contributed by atoms with Gasteiger partial charge in [0, 0.05) is 25.2 Å². The van der Waals surface area contributed by atoms with Crippen LogP contribution in [0.1, 0.15) is 36.5 Å². The van der Waals surface area contributed by atoms with E-state index in [2.05, 4.69) is 18.7 Å². The summed E-state index contributed by atoms with van der Waals surface area (Å²) >= 11 is 0. The maximum atomic E-state index is 12.3. The number of rotatable bonds is 6. The van der Waals surface area contributed by atoms with Gasteiger partial charge in [0.25, 0.3) is 5.91 Å². The summed E-state index contributed by atoms with van der Waals surface area (Å²) in [4.78, 5) is 14.6. The van der Waals surface area contributed by atoms with Crippen LogP contribution in [0.25, 0.3) is 0 Å². The quantitative estimate of drug-likeness (QED) is 0.627. The zero-order valence-corrected chi connectivity index (χ0v) is 14.7. The normalized spacial score (nSPS) is 13.7. The number of amides is 1. The monoisotopic (exact) mass is 340 g/mol. The highest BCUT2D eigenvalue weighted by Gasteiger charge is 2.24. The molecule has 2 aromatic carbocycles. The first kappa shape index (κ1) is 17.3. The van der Waals surface area contributed by atoms with E-state index < -0.39 is 11.8 Å². The molecule has 1 atom stereocenters. The Balaban J connectivity index is 1.95. The van der Waals surface area contributed by atoms with E-state index in [1.807, 2.05) is 47.9 Å². The van der Waals surface area contributed by atoms with Gasteiger partial charge < -0.3 is 9.64 Å². The minimum atomic E-state index is -0.554. The van der Waals surface area contributed by atoms with Gasteiger partial charge in [-0.25, -0.2) is 5.48 Å². The van der Waals surface area contributed by atoms with Crippen molar-refractivity contribution in [3.63, 3.8) is 0 Å². The van der Waals surface area contributed by atoms with Crippen LogP contribution in [0.4, 0.5) is 5.69 Å². The topological polar surface area (TPSA) is 61.8 Å². The minimum Gasteiger partial charge on any atom is -0.493 e. The molecule has 25 heavy (non-hydrogen) atoms. The highest BCUT2D eigenvalue weighted by Crippen LogP contribution is 2.32. The predicted molar refractivity (Wildman–Crippen MR) is 97.4 cm³/mol. The van der Waals surface area contributed by atoms with Crippen LogP contribution in [0.3, 0.4) is 0 Å². The SMILES string of the molecule is CCN(CC)c1ccc(C(C(=O)NO)c2ccc3c(c2)CCO3)cc1. The fourth-order valence-corrected chi connectivity index (χ4v) is 3.41. The van der Waals surface area contributed by atoms with E-state index in [0.717, 1.165) is 47.6 Å². The zero-order chi connectivity index (χ0) is 17.8. The summed E-state index contributed by atoms with van der Waals surface area (Å²) in [5, 5.41) is 9.21. The molecule has 0 radical (unpaired) electrons. The van der Waals surface area contributed by atoms with Crippen LogP contribution in [-0.4, -0.2) is 30.8 Å². The second-order valence-corrected chi connectivity index (χ2v) is 6.14. The number of hydroxylamine groups is 1. The highest BCUT2D eigenvalue weighted by atomic mass is 16.5. The molecular weight excluding hydrogens is 316 g/mol. The summed E-state index contributed by atoms with van der Waals surface area (Å²) in [5.74, 6) is -0.111. The summed E-state index contributed by atoms with van der Waals surface area (Å²) in [7, 11) is 0. The third kappa shape index (κ3) is 3.46. The number of nitrogens with one attached hydrogen (secondary N) is 1. The number of hydrogen-bond donors (Lipinski definition) is 2. The maximum Gasteiger partial charge on any atom is 0.255 e. The Labute approximate surface area is 148 Å². The first-order valence-corrected chi connectivity index (χ1v) is 8.72. The lowest BCUT2D eigenvalue weighted by Crippen LogP contribution is -2.27. The number of benzene rings is 2. The molecule has 5 heteroatoms. The molecule has 2 aromatic rings. The Kier molecular flexibility index (Phi) is 5.24. The molecule has 0 spiro atoms. The molecule has 132 valence electrons. The molecule has 0 saturated carbocycles. The van der Waals surface area contributed by atoms with Gasteiger partial charge in [0.15, 0.2) is 0 Å². The Morgan fingerprint density at radius 1 is 1.16 bits per heavy atom. The molecule has 1 aliphatic heterocycles. The number of ether oxygens (including phenoxy) is 1. The van der Waals surface area contributed by atoms with Gasteiger partial charge in [-0.15, -0.1) is 0 Å². The molecule has 1 heterocycles. The van der Waals surface area contributed by atoms with Crippen molar-refractivity contribution >= 4 is 11.6 Å². The first-order chi connectivity index (χ1) is 12.2. The van der Waals surface area contributed by atoms with E-state index in [9.17, 15) is 10.0 Å². The fraction of sp³-hybridized carbons (Fsp3) is 0.350. The van der Waals surface area contributed by atoms with Crippen molar-refractivity contribution in [3.8, 4) is 5.75 Å². The Morgan fingerprint density at radius 2 is 1.84 bits per heavy atom. The summed E-state index contributed by atoms with van der Waals surface area (Å²) in [6, 6.07) is 13.8. The number of carbonyl (C=O) groups excluding carboxylic acids is 1. The molecule has 0 aliphatic carbocycles. The maximum absolute atomic E-state index is 12.3. The Hall–Kier alpha value is -2.53. The lowest BCUT2D eigenvalue weighted by Gasteiger charge is -2.22. The average molecular weight is 340 g/mol. The van der Waals surface area contributed by atoms with Crippen LogP contribution in [0, 0.1) is 0 Å². The van der Waals surface area contributed by atoms with Crippen LogP contribution >= 0.6 is 0 Å². The van der Waals surface area contributed by atoms with Crippen molar-refractivity contribution in [1.82, 2.24) is 5.48 Å². The van der Waals surface area contributed by atoms with Gasteiger partial charge in [-0.05, 0) is 48.7 Å². The van der Waals surface area contributed by atoms with E-state index in [-0.39, 0.29) is 0 Å². The van der Waals surface area contributed by atoms with Crippen LogP contribution in [0.15, 0.2) is 42.5 Å². The number of fused-ring (bicyclic) bond motifs is 1. The second-order valence-electron chi connectivity index (χ2n) is 6.14. The standard InChI is InChI=1S/C20H24N2O3/c1-3-22(4-2)17-8-5-14(6-9-17)19(20(23)21-24)16-7-10-18-15(13-16)11-12-25-18/h5-10,13,19,24H,3-4,11-12H2,1-2H3,(H,21,23). The van der Waals surface area contributed by atoms with Gasteiger partial charge >= 0.3 is 0 Å². The summed E-state index contributed by atoms with van der Waals surface area (Å²) in [6.45, 7) is 6.77. The molecule has 0 aromatic heterocycles. The minimum absolute atomic E-state index is 0.436. The van der Waals surface area contributed by atoms with Crippen LogP contribution in [0.5, 0.6) is 5.75 Å².